The van der Waals surface area contributed by atoms with Crippen LogP contribution >= 0.6 is 0 Å². The monoisotopic (exact) mass is 459 g/mol. The second-order valence-electron chi connectivity index (χ2n) is 9.64. The minimum atomic E-state index is -0.446. The molecule has 0 N–H and O–H groups in total. The van der Waals surface area contributed by atoms with E-state index in [9.17, 15) is 9.59 Å². The summed E-state index contributed by atoms with van der Waals surface area (Å²) in [6.07, 6.45) is -0.446. The van der Waals surface area contributed by atoms with Gasteiger partial charge in [-0.2, -0.15) is 0 Å². The number of benzene rings is 2. The van der Waals surface area contributed by atoms with E-state index < -0.39 is 11.6 Å². The van der Waals surface area contributed by atoms with Crippen LogP contribution in [0.3, 0.4) is 0 Å². The van der Waals surface area contributed by atoms with Gasteiger partial charge in [-0.1, -0.05) is 42.0 Å². The summed E-state index contributed by atoms with van der Waals surface area (Å²) in [6, 6.07) is 15.9. The van der Waals surface area contributed by atoms with Crippen LogP contribution in [0.25, 0.3) is 22.2 Å². The molecule has 0 spiro atoms. The molecule has 0 radical (unpaired) electrons. The van der Waals surface area contributed by atoms with Gasteiger partial charge in [0.2, 0.25) is 0 Å². The molecule has 4 aromatic rings. The van der Waals surface area contributed by atoms with Crippen molar-refractivity contribution < 1.29 is 9.47 Å². The molecule has 0 amide bonds. The molecule has 5 rings (SSSR count). The van der Waals surface area contributed by atoms with Crippen LogP contribution in [0.1, 0.15) is 36.8 Å². The summed E-state index contributed by atoms with van der Waals surface area (Å²) in [4.78, 5) is 26.6. The first-order chi connectivity index (χ1) is 16.2. The van der Waals surface area contributed by atoms with Crippen LogP contribution in [0.4, 0.5) is 0 Å². The Morgan fingerprint density at radius 3 is 2.24 bits per heavy atom. The van der Waals surface area contributed by atoms with Gasteiger partial charge in [0.1, 0.15) is 11.9 Å². The topological polar surface area (TPSA) is 67.4 Å². The number of methoxy groups -OCH3 is 1. The third-order valence-electron chi connectivity index (χ3n) is 6.81. The molecule has 176 valence electrons. The van der Waals surface area contributed by atoms with E-state index in [2.05, 4.69) is 18.4 Å². The van der Waals surface area contributed by atoms with Crippen LogP contribution in [0.2, 0.25) is 0 Å². The Balaban J connectivity index is 1.96. The van der Waals surface area contributed by atoms with E-state index in [1.807, 2.05) is 55.5 Å². The maximum atomic E-state index is 13.6. The molecule has 7 heteroatoms. The molecule has 7 nitrogen and oxygen atoms in total. The van der Waals surface area contributed by atoms with Gasteiger partial charge in [0.25, 0.3) is 5.56 Å². The Kier molecular flexibility index (Phi) is 5.06. The van der Waals surface area contributed by atoms with E-state index in [0.717, 1.165) is 33.8 Å². The number of ether oxygens (including phenoxy) is 2. The van der Waals surface area contributed by atoms with Crippen LogP contribution in [0.15, 0.2) is 58.1 Å². The molecular weight excluding hydrogens is 430 g/mol. The van der Waals surface area contributed by atoms with Gasteiger partial charge in [-0.05, 0) is 44.0 Å². The second-order valence-corrected chi connectivity index (χ2v) is 9.64. The zero-order valence-electron chi connectivity index (χ0n) is 20.4. The average Bonchev–Trinajstić information content (AvgIpc) is 3.20. The highest BCUT2D eigenvalue weighted by molar-refractivity contribution is 5.96. The van der Waals surface area contributed by atoms with Crippen molar-refractivity contribution in [2.24, 2.45) is 14.1 Å². The number of nitrogens with zero attached hydrogens (tertiary/aromatic N) is 3. The fourth-order valence-electron chi connectivity index (χ4n) is 5.01. The molecule has 0 saturated heterocycles. The van der Waals surface area contributed by atoms with E-state index in [-0.39, 0.29) is 11.2 Å². The Labute approximate surface area is 197 Å². The fraction of sp³-hybridized carbons (Fsp3) is 0.333. The average molecular weight is 460 g/mol. The Morgan fingerprint density at radius 2 is 1.62 bits per heavy atom. The van der Waals surface area contributed by atoms with Crippen LogP contribution < -0.4 is 16.0 Å². The standard InChI is InChI=1S/C27H29N3O4/c1-16-7-9-17(10-8-16)21-20-22(28(4)26(32)29(5)25(20)31)23-24(34-15-27(2,3)30(21)23)18-11-13-19(33-6)14-12-18/h7-14,24H,15H2,1-6H3/t24-/m1/s1. The molecule has 0 saturated carbocycles. The highest BCUT2D eigenvalue weighted by Crippen LogP contribution is 2.45. The lowest BCUT2D eigenvalue weighted by atomic mass is 9.98. The molecule has 1 atom stereocenters. The second kappa shape index (κ2) is 7.74. The summed E-state index contributed by atoms with van der Waals surface area (Å²) < 4.78 is 16.7. The van der Waals surface area contributed by atoms with Crippen LogP contribution in [0, 0.1) is 6.92 Å². The van der Waals surface area contributed by atoms with Gasteiger partial charge in [0.15, 0.2) is 0 Å². The van der Waals surface area contributed by atoms with E-state index in [1.165, 1.54) is 11.6 Å². The molecule has 0 fully saturated rings. The van der Waals surface area contributed by atoms with E-state index in [4.69, 9.17) is 9.47 Å². The predicted molar refractivity (Wildman–Crippen MR) is 133 cm³/mol. The van der Waals surface area contributed by atoms with Crippen molar-refractivity contribution in [3.8, 4) is 17.0 Å². The van der Waals surface area contributed by atoms with E-state index in [0.29, 0.717) is 17.5 Å². The minimum Gasteiger partial charge on any atom is -0.497 e. The molecular formula is C27H29N3O4. The van der Waals surface area contributed by atoms with Gasteiger partial charge in [-0.15, -0.1) is 0 Å². The highest BCUT2D eigenvalue weighted by Gasteiger charge is 2.40. The highest BCUT2D eigenvalue weighted by atomic mass is 16.5. The fourth-order valence-corrected chi connectivity index (χ4v) is 5.01. The molecule has 1 aliphatic rings. The van der Waals surface area contributed by atoms with Gasteiger partial charge in [0, 0.05) is 14.1 Å². The predicted octanol–water partition coefficient (Wildman–Crippen LogP) is 3.88. The third-order valence-corrected chi connectivity index (χ3v) is 6.81. The maximum Gasteiger partial charge on any atom is 0.331 e. The van der Waals surface area contributed by atoms with Crippen LogP contribution in [0.5, 0.6) is 5.75 Å². The number of fused-ring (bicyclic) bond motifs is 3. The normalized spacial score (nSPS) is 17.1. The zero-order chi connectivity index (χ0) is 24.4. The van der Waals surface area contributed by atoms with Crippen molar-refractivity contribution in [3.63, 3.8) is 0 Å². The molecule has 34 heavy (non-hydrogen) atoms. The van der Waals surface area contributed by atoms with Crippen molar-refractivity contribution in [1.29, 1.82) is 0 Å². The van der Waals surface area contributed by atoms with Gasteiger partial charge in [-0.3, -0.25) is 13.9 Å². The lowest BCUT2D eigenvalue weighted by Gasteiger charge is -2.39. The van der Waals surface area contributed by atoms with E-state index >= 15 is 0 Å². The van der Waals surface area contributed by atoms with Gasteiger partial charge < -0.3 is 14.0 Å². The Bertz CT molecular complexity index is 1520. The lowest BCUT2D eigenvalue weighted by Crippen LogP contribution is -2.40. The minimum absolute atomic E-state index is 0.306. The summed E-state index contributed by atoms with van der Waals surface area (Å²) in [7, 11) is 4.88. The van der Waals surface area contributed by atoms with Crippen molar-refractivity contribution in [3.05, 3.63) is 86.2 Å². The number of aromatic nitrogens is 3. The quantitative estimate of drug-likeness (QED) is 0.466. The smallest absolute Gasteiger partial charge is 0.331 e. The van der Waals surface area contributed by atoms with Gasteiger partial charge >= 0.3 is 5.69 Å². The van der Waals surface area contributed by atoms with Crippen LogP contribution in [-0.2, 0) is 24.4 Å². The summed E-state index contributed by atoms with van der Waals surface area (Å²) in [5.74, 6) is 0.752. The Morgan fingerprint density at radius 1 is 0.971 bits per heavy atom. The van der Waals surface area contributed by atoms with Crippen LogP contribution in [-0.4, -0.2) is 27.4 Å². The van der Waals surface area contributed by atoms with Crippen molar-refractivity contribution in [2.75, 3.05) is 13.7 Å². The summed E-state index contributed by atoms with van der Waals surface area (Å²) in [5.41, 5.74) is 4.12. The first kappa shape index (κ1) is 22.2. The SMILES string of the molecule is COc1ccc([C@H]2OCC(C)(C)n3c(-c4ccc(C)cc4)c4c(=O)n(C)c(=O)n(C)c4c32)cc1. The first-order valence-electron chi connectivity index (χ1n) is 11.3. The number of rotatable bonds is 3. The number of hydrogen-bond donors (Lipinski definition) is 0. The Hall–Kier alpha value is -3.58. The third kappa shape index (κ3) is 3.15. The van der Waals surface area contributed by atoms with Crippen molar-refractivity contribution >= 4 is 10.9 Å². The molecule has 1 aliphatic heterocycles. The number of hydrogen-bond acceptors (Lipinski definition) is 4. The summed E-state index contributed by atoms with van der Waals surface area (Å²) in [6.45, 7) is 6.68. The zero-order valence-corrected chi connectivity index (χ0v) is 20.4. The van der Waals surface area contributed by atoms with Gasteiger partial charge in [0.05, 0.1) is 41.5 Å². The molecule has 2 aromatic carbocycles. The summed E-state index contributed by atoms with van der Waals surface area (Å²) in [5, 5.41) is 0.528. The summed E-state index contributed by atoms with van der Waals surface area (Å²) >= 11 is 0. The van der Waals surface area contributed by atoms with Gasteiger partial charge in [-0.25, -0.2) is 4.79 Å². The number of aryl methyl sites for hydroxylation is 2. The maximum absolute atomic E-state index is 13.6. The molecule has 0 aliphatic carbocycles. The molecule has 0 bridgehead atoms. The van der Waals surface area contributed by atoms with Crippen molar-refractivity contribution in [1.82, 2.24) is 13.7 Å². The van der Waals surface area contributed by atoms with Crippen molar-refractivity contribution in [2.45, 2.75) is 32.4 Å². The largest absolute Gasteiger partial charge is 0.497 e. The lowest BCUT2D eigenvalue weighted by molar-refractivity contribution is -0.00708. The molecule has 3 heterocycles. The molecule has 2 aromatic heterocycles. The first-order valence-corrected chi connectivity index (χ1v) is 11.3. The molecule has 0 unspecified atom stereocenters. The van der Waals surface area contributed by atoms with E-state index in [1.54, 1.807) is 18.7 Å².